The topological polar surface area (TPSA) is 62.7 Å². The fourth-order valence-electron chi connectivity index (χ4n) is 1.94. The average Bonchev–Trinajstić information content (AvgIpc) is 2.57. The van der Waals surface area contributed by atoms with E-state index >= 15 is 0 Å². The van der Waals surface area contributed by atoms with Crippen molar-refractivity contribution in [2.45, 2.75) is 6.54 Å². The molecule has 0 aliphatic heterocycles. The number of nitrogens with zero attached hydrogens (tertiary/aromatic N) is 3. The van der Waals surface area contributed by atoms with E-state index in [1.807, 2.05) is 36.4 Å². The summed E-state index contributed by atoms with van der Waals surface area (Å²) in [6.07, 6.45) is 1.55. The first-order valence-corrected chi connectivity index (χ1v) is 7.66. The Bertz CT molecular complexity index is 792. The first kappa shape index (κ1) is 15.5. The minimum atomic E-state index is 0.420. The van der Waals surface area contributed by atoms with Gasteiger partial charge in [-0.3, -0.25) is 0 Å². The summed E-state index contributed by atoms with van der Waals surface area (Å²) in [5.74, 6) is 1.01. The van der Waals surface area contributed by atoms with Gasteiger partial charge >= 0.3 is 0 Å². The molecule has 0 aliphatic carbocycles. The highest BCUT2D eigenvalue weighted by Crippen LogP contribution is 2.18. The van der Waals surface area contributed by atoms with Crippen LogP contribution in [0.15, 0.2) is 54.7 Å². The highest BCUT2D eigenvalue weighted by Gasteiger charge is 2.03. The monoisotopic (exact) mass is 345 g/mol. The Morgan fingerprint density at radius 3 is 2.52 bits per heavy atom. The molecule has 5 nitrogen and oxygen atoms in total. The van der Waals surface area contributed by atoms with E-state index in [4.69, 9.17) is 23.2 Å². The highest BCUT2D eigenvalue weighted by atomic mass is 35.5. The predicted molar refractivity (Wildman–Crippen MR) is 93.3 cm³/mol. The van der Waals surface area contributed by atoms with Gasteiger partial charge in [0.2, 0.25) is 5.95 Å². The summed E-state index contributed by atoms with van der Waals surface area (Å²) < 4.78 is 0. The molecule has 1 aromatic heterocycles. The molecule has 3 aromatic rings. The third-order valence-corrected chi connectivity index (χ3v) is 3.69. The number of anilines is 3. The number of aromatic nitrogens is 3. The molecule has 0 unspecified atom stereocenters. The van der Waals surface area contributed by atoms with Gasteiger partial charge in [0.05, 0.1) is 6.20 Å². The van der Waals surface area contributed by atoms with E-state index in [1.165, 1.54) is 0 Å². The number of benzene rings is 2. The van der Waals surface area contributed by atoms with Gasteiger partial charge in [0, 0.05) is 22.3 Å². The van der Waals surface area contributed by atoms with E-state index in [0.717, 1.165) is 11.3 Å². The van der Waals surface area contributed by atoms with Gasteiger partial charge in [0.25, 0.3) is 0 Å². The Hall–Kier alpha value is -2.37. The van der Waals surface area contributed by atoms with Crippen LogP contribution >= 0.6 is 23.2 Å². The Labute approximate surface area is 143 Å². The van der Waals surface area contributed by atoms with Crippen molar-refractivity contribution >= 4 is 40.7 Å². The standard InChI is InChI=1S/C16H13Cl2N5/c17-12-5-7-13(8-6-12)21-15-10-20-23-16(22-15)19-9-11-3-1-2-4-14(11)18/h1-8,10H,9H2,(H2,19,21,22,23). The van der Waals surface area contributed by atoms with Crippen molar-refractivity contribution in [2.75, 3.05) is 10.6 Å². The predicted octanol–water partition coefficient (Wildman–Crippen LogP) is 4.53. The zero-order valence-electron chi connectivity index (χ0n) is 12.0. The third kappa shape index (κ3) is 4.31. The zero-order valence-corrected chi connectivity index (χ0v) is 13.5. The van der Waals surface area contributed by atoms with Crippen LogP contribution < -0.4 is 10.6 Å². The van der Waals surface area contributed by atoms with E-state index in [1.54, 1.807) is 18.3 Å². The molecule has 0 aliphatic rings. The van der Waals surface area contributed by atoms with Gasteiger partial charge in [-0.15, -0.1) is 5.10 Å². The van der Waals surface area contributed by atoms with Gasteiger partial charge in [-0.2, -0.15) is 10.1 Å². The summed E-state index contributed by atoms with van der Waals surface area (Å²) >= 11 is 12.0. The SMILES string of the molecule is Clc1ccc(Nc2cnnc(NCc3ccccc3Cl)n2)cc1. The molecule has 0 bridgehead atoms. The molecule has 0 saturated heterocycles. The molecule has 0 fully saturated rings. The summed E-state index contributed by atoms with van der Waals surface area (Å²) in [5.41, 5.74) is 1.83. The summed E-state index contributed by atoms with van der Waals surface area (Å²) in [6, 6.07) is 14.9. The molecule has 1 heterocycles. The molecule has 116 valence electrons. The molecule has 0 atom stereocenters. The first-order chi connectivity index (χ1) is 11.2. The summed E-state index contributed by atoms with van der Waals surface area (Å²) in [4.78, 5) is 4.36. The quantitative estimate of drug-likeness (QED) is 0.710. The van der Waals surface area contributed by atoms with Gasteiger partial charge in [-0.05, 0) is 35.9 Å². The molecular weight excluding hydrogens is 333 g/mol. The third-order valence-electron chi connectivity index (χ3n) is 3.07. The van der Waals surface area contributed by atoms with Crippen LogP contribution in [-0.4, -0.2) is 15.2 Å². The lowest BCUT2D eigenvalue weighted by atomic mass is 10.2. The zero-order chi connectivity index (χ0) is 16.1. The van der Waals surface area contributed by atoms with Gasteiger partial charge in [-0.1, -0.05) is 41.4 Å². The number of rotatable bonds is 5. The smallest absolute Gasteiger partial charge is 0.244 e. The molecule has 7 heteroatoms. The molecule has 0 radical (unpaired) electrons. The van der Waals surface area contributed by atoms with Gasteiger partial charge < -0.3 is 10.6 Å². The molecule has 0 saturated carbocycles. The van der Waals surface area contributed by atoms with Crippen LogP contribution in [0, 0.1) is 0 Å². The van der Waals surface area contributed by atoms with E-state index < -0.39 is 0 Å². The van der Waals surface area contributed by atoms with Gasteiger partial charge in [-0.25, -0.2) is 0 Å². The Balaban J connectivity index is 1.67. The second-order valence-electron chi connectivity index (χ2n) is 4.74. The minimum absolute atomic E-state index is 0.420. The van der Waals surface area contributed by atoms with Crippen molar-refractivity contribution in [1.82, 2.24) is 15.2 Å². The second kappa shape index (κ2) is 7.26. The van der Waals surface area contributed by atoms with Crippen molar-refractivity contribution in [3.05, 3.63) is 70.3 Å². The Morgan fingerprint density at radius 2 is 1.74 bits per heavy atom. The van der Waals surface area contributed by atoms with E-state index in [-0.39, 0.29) is 0 Å². The lowest BCUT2D eigenvalue weighted by Crippen LogP contribution is -2.06. The van der Waals surface area contributed by atoms with Crippen LogP contribution in [-0.2, 0) is 6.54 Å². The van der Waals surface area contributed by atoms with Crippen molar-refractivity contribution in [3.8, 4) is 0 Å². The Kier molecular flexibility index (Phi) is 4.90. The van der Waals surface area contributed by atoms with Gasteiger partial charge in [0.1, 0.15) is 0 Å². The molecule has 23 heavy (non-hydrogen) atoms. The van der Waals surface area contributed by atoms with E-state index in [2.05, 4.69) is 25.8 Å². The lowest BCUT2D eigenvalue weighted by Gasteiger charge is -2.08. The van der Waals surface area contributed by atoms with Crippen molar-refractivity contribution in [2.24, 2.45) is 0 Å². The summed E-state index contributed by atoms with van der Waals surface area (Å²) in [6.45, 7) is 0.520. The largest absolute Gasteiger partial charge is 0.349 e. The van der Waals surface area contributed by atoms with Crippen LogP contribution in [0.2, 0.25) is 10.0 Å². The van der Waals surface area contributed by atoms with E-state index in [0.29, 0.717) is 28.4 Å². The maximum atomic E-state index is 6.12. The second-order valence-corrected chi connectivity index (χ2v) is 5.59. The van der Waals surface area contributed by atoms with Crippen LogP contribution in [0.3, 0.4) is 0 Å². The lowest BCUT2D eigenvalue weighted by molar-refractivity contribution is 0.949. The number of hydrogen-bond acceptors (Lipinski definition) is 5. The maximum absolute atomic E-state index is 6.12. The minimum Gasteiger partial charge on any atom is -0.349 e. The fraction of sp³-hybridized carbons (Fsp3) is 0.0625. The summed E-state index contributed by atoms with van der Waals surface area (Å²) in [5, 5.41) is 15.5. The van der Waals surface area contributed by atoms with Gasteiger partial charge in [0.15, 0.2) is 5.82 Å². The molecule has 2 aromatic carbocycles. The molecule has 3 rings (SSSR count). The summed E-state index contributed by atoms with van der Waals surface area (Å²) in [7, 11) is 0. The van der Waals surface area contributed by atoms with Crippen LogP contribution in [0.25, 0.3) is 0 Å². The molecule has 0 spiro atoms. The maximum Gasteiger partial charge on any atom is 0.244 e. The van der Waals surface area contributed by atoms with Crippen molar-refractivity contribution in [1.29, 1.82) is 0 Å². The molecule has 0 amide bonds. The number of hydrogen-bond donors (Lipinski definition) is 2. The fourth-order valence-corrected chi connectivity index (χ4v) is 2.26. The number of halogens is 2. The van der Waals surface area contributed by atoms with Crippen molar-refractivity contribution < 1.29 is 0 Å². The molecule has 2 N–H and O–H groups in total. The normalized spacial score (nSPS) is 10.3. The van der Waals surface area contributed by atoms with Crippen molar-refractivity contribution in [3.63, 3.8) is 0 Å². The molecular formula is C16H13Cl2N5. The van der Waals surface area contributed by atoms with Crippen LogP contribution in [0.4, 0.5) is 17.5 Å². The highest BCUT2D eigenvalue weighted by molar-refractivity contribution is 6.31. The Morgan fingerprint density at radius 1 is 0.957 bits per heavy atom. The van der Waals surface area contributed by atoms with Crippen LogP contribution in [0.1, 0.15) is 5.56 Å². The first-order valence-electron chi connectivity index (χ1n) is 6.90. The average molecular weight is 346 g/mol. The van der Waals surface area contributed by atoms with E-state index in [9.17, 15) is 0 Å². The number of nitrogens with one attached hydrogen (secondary N) is 2. The van der Waals surface area contributed by atoms with Crippen LogP contribution in [0.5, 0.6) is 0 Å².